The molecule has 2 aliphatic heterocycles. The number of anilines is 1. The van der Waals surface area contributed by atoms with E-state index in [1.807, 2.05) is 7.05 Å². The van der Waals surface area contributed by atoms with E-state index < -0.39 is 0 Å². The highest BCUT2D eigenvalue weighted by Gasteiger charge is 2.31. The van der Waals surface area contributed by atoms with Gasteiger partial charge < -0.3 is 20.0 Å². The molecule has 1 saturated carbocycles. The molecule has 0 atom stereocenters. The second-order valence-corrected chi connectivity index (χ2v) is 9.32. The number of nitrogens with zero attached hydrogens (tertiary/aromatic N) is 7. The fraction of sp³-hybridized carbons (Fsp3) is 0.810. The maximum absolute atomic E-state index is 12.4. The van der Waals surface area contributed by atoms with Crippen molar-refractivity contribution in [2.24, 2.45) is 10.9 Å². The number of aryl methyl sites for hydroxylation is 1. The lowest BCUT2D eigenvalue weighted by Crippen LogP contribution is -2.54. The number of guanidine groups is 1. The Bertz CT molecular complexity index is 755. The van der Waals surface area contributed by atoms with Crippen LogP contribution in [0.25, 0.3) is 0 Å². The number of rotatable bonds is 6. The average molecular weight is 577 g/mol. The van der Waals surface area contributed by atoms with Crippen molar-refractivity contribution in [3.8, 4) is 0 Å². The Morgan fingerprint density at radius 3 is 2.34 bits per heavy atom. The number of carbonyl (C=O) groups is 1. The zero-order valence-corrected chi connectivity index (χ0v) is 22.5. The molecule has 2 saturated heterocycles. The molecule has 1 aromatic rings. The monoisotopic (exact) mass is 576 g/mol. The van der Waals surface area contributed by atoms with E-state index in [0.29, 0.717) is 11.8 Å². The first-order valence-electron chi connectivity index (χ1n) is 11.7. The maximum atomic E-state index is 12.4. The van der Waals surface area contributed by atoms with E-state index >= 15 is 0 Å². The van der Waals surface area contributed by atoms with Crippen molar-refractivity contribution in [2.75, 3.05) is 77.4 Å². The zero-order valence-electron chi connectivity index (χ0n) is 19.3. The van der Waals surface area contributed by atoms with Crippen molar-refractivity contribution in [1.29, 1.82) is 0 Å². The number of aliphatic imine (C=N–C) groups is 1. The van der Waals surface area contributed by atoms with Gasteiger partial charge in [-0.1, -0.05) is 13.3 Å². The summed E-state index contributed by atoms with van der Waals surface area (Å²) in [7, 11) is 1.86. The average Bonchev–Trinajstić information content (AvgIpc) is 3.25. The number of nitrogens with one attached hydrogen (secondary N) is 1. The molecule has 3 aliphatic rings. The van der Waals surface area contributed by atoms with Crippen molar-refractivity contribution in [3.05, 3.63) is 5.82 Å². The number of hydrogen-bond donors (Lipinski definition) is 1. The highest BCUT2D eigenvalue weighted by atomic mass is 127. The maximum Gasteiger partial charge on any atom is 0.225 e. The molecule has 11 heteroatoms. The summed E-state index contributed by atoms with van der Waals surface area (Å²) in [5, 5.41) is 4.57. The lowest BCUT2D eigenvalue weighted by molar-refractivity contribution is -0.139. The van der Waals surface area contributed by atoms with Crippen LogP contribution in [0.5, 0.6) is 0 Å². The second kappa shape index (κ2) is 12.3. The molecule has 9 nitrogen and oxygen atoms in total. The Balaban J connectivity index is 0.00000289. The Morgan fingerprint density at radius 1 is 1.09 bits per heavy atom. The molecule has 0 radical (unpaired) electrons. The molecule has 1 aliphatic carbocycles. The SMILES string of the molecule is CCc1nsc(N2CCN(C(=NC)NCCN3CCN(C(=O)C4CCC4)CC3)CC2)n1.I. The minimum atomic E-state index is 0. The first-order valence-corrected chi connectivity index (χ1v) is 12.5. The van der Waals surface area contributed by atoms with Crippen LogP contribution in [0.4, 0.5) is 5.13 Å². The number of aromatic nitrogens is 2. The molecule has 1 aromatic heterocycles. The van der Waals surface area contributed by atoms with Gasteiger partial charge in [0.2, 0.25) is 11.0 Å². The summed E-state index contributed by atoms with van der Waals surface area (Å²) in [6.07, 6.45) is 4.30. The molecule has 3 heterocycles. The van der Waals surface area contributed by atoms with Crippen molar-refractivity contribution in [2.45, 2.75) is 32.6 Å². The lowest BCUT2D eigenvalue weighted by Gasteiger charge is -2.38. The summed E-state index contributed by atoms with van der Waals surface area (Å²) in [5.41, 5.74) is 0. The summed E-state index contributed by atoms with van der Waals surface area (Å²) in [5.74, 6) is 2.62. The number of carbonyl (C=O) groups excluding carboxylic acids is 1. The molecule has 4 rings (SSSR count). The molecule has 3 fully saturated rings. The van der Waals surface area contributed by atoms with Gasteiger partial charge in [0.15, 0.2) is 5.96 Å². The number of piperazine rings is 2. The minimum Gasteiger partial charge on any atom is -0.355 e. The van der Waals surface area contributed by atoms with Gasteiger partial charge >= 0.3 is 0 Å². The van der Waals surface area contributed by atoms with Crippen molar-refractivity contribution < 1.29 is 4.79 Å². The molecule has 1 N–H and O–H groups in total. The predicted molar refractivity (Wildman–Crippen MR) is 140 cm³/mol. The van der Waals surface area contributed by atoms with Crippen LogP contribution in [-0.2, 0) is 11.2 Å². The van der Waals surface area contributed by atoms with Gasteiger partial charge in [-0.3, -0.25) is 14.7 Å². The molecule has 0 spiro atoms. The molecule has 0 bridgehead atoms. The van der Waals surface area contributed by atoms with Crippen LogP contribution < -0.4 is 10.2 Å². The number of halogens is 1. The van der Waals surface area contributed by atoms with Gasteiger partial charge in [-0.05, 0) is 12.8 Å². The molecule has 0 aromatic carbocycles. The van der Waals surface area contributed by atoms with E-state index in [1.54, 1.807) is 0 Å². The van der Waals surface area contributed by atoms with Gasteiger partial charge in [0, 0.05) is 96.4 Å². The van der Waals surface area contributed by atoms with Crippen LogP contribution in [0.1, 0.15) is 32.0 Å². The molecule has 32 heavy (non-hydrogen) atoms. The van der Waals surface area contributed by atoms with Crippen LogP contribution in [0, 0.1) is 5.92 Å². The molecular formula is C21H37IN8OS. The summed E-state index contributed by atoms with van der Waals surface area (Å²) < 4.78 is 4.41. The highest BCUT2D eigenvalue weighted by Crippen LogP contribution is 2.28. The van der Waals surface area contributed by atoms with E-state index in [-0.39, 0.29) is 24.0 Å². The van der Waals surface area contributed by atoms with Gasteiger partial charge in [0.25, 0.3) is 0 Å². The first-order chi connectivity index (χ1) is 15.2. The Hall–Kier alpha value is -1.21. The van der Waals surface area contributed by atoms with Crippen molar-refractivity contribution in [1.82, 2.24) is 29.4 Å². The third-order valence-corrected chi connectivity index (χ3v) is 7.50. The first kappa shape index (κ1) is 25.4. The Labute approximate surface area is 212 Å². The molecule has 1 amide bonds. The summed E-state index contributed by atoms with van der Waals surface area (Å²) >= 11 is 1.50. The normalized spacial score (nSPS) is 20.7. The third kappa shape index (κ3) is 6.22. The largest absolute Gasteiger partial charge is 0.355 e. The number of amides is 1. The number of hydrogen-bond acceptors (Lipinski definition) is 7. The van der Waals surface area contributed by atoms with Gasteiger partial charge in [-0.25, -0.2) is 4.98 Å². The van der Waals surface area contributed by atoms with Crippen LogP contribution in [0.15, 0.2) is 4.99 Å². The quantitative estimate of drug-likeness (QED) is 0.311. The lowest BCUT2D eigenvalue weighted by atomic mass is 9.84. The van der Waals surface area contributed by atoms with E-state index in [4.69, 9.17) is 0 Å². The summed E-state index contributed by atoms with van der Waals surface area (Å²) in [6.45, 7) is 11.4. The second-order valence-electron chi connectivity index (χ2n) is 8.59. The van der Waals surface area contributed by atoms with Gasteiger partial charge in [0.05, 0.1) is 0 Å². The Kier molecular flexibility index (Phi) is 9.77. The molecule has 180 valence electrons. The smallest absolute Gasteiger partial charge is 0.225 e. The Morgan fingerprint density at radius 2 is 1.78 bits per heavy atom. The van der Waals surface area contributed by atoms with Crippen LogP contribution in [0.2, 0.25) is 0 Å². The van der Waals surface area contributed by atoms with Crippen LogP contribution in [-0.4, -0.2) is 108 Å². The topological polar surface area (TPSA) is 80.2 Å². The van der Waals surface area contributed by atoms with E-state index in [1.165, 1.54) is 18.0 Å². The standard InChI is InChI=1S/C21H36N8OS.HI/c1-3-18-24-21(31-25-18)29-15-13-28(14-16-29)20(22-2)23-7-8-26-9-11-27(12-10-26)19(30)17-5-4-6-17;/h17H,3-16H2,1-2H3,(H,22,23);1H. The molecule has 0 unspecified atom stereocenters. The minimum absolute atomic E-state index is 0. The summed E-state index contributed by atoms with van der Waals surface area (Å²) in [4.78, 5) is 30.7. The van der Waals surface area contributed by atoms with Crippen LogP contribution >= 0.6 is 35.5 Å². The van der Waals surface area contributed by atoms with Gasteiger partial charge in [-0.15, -0.1) is 24.0 Å². The third-order valence-electron chi connectivity index (χ3n) is 6.68. The summed E-state index contributed by atoms with van der Waals surface area (Å²) in [6, 6.07) is 0. The van der Waals surface area contributed by atoms with Gasteiger partial charge in [0.1, 0.15) is 5.82 Å². The zero-order chi connectivity index (χ0) is 21.6. The van der Waals surface area contributed by atoms with E-state index in [9.17, 15) is 4.79 Å². The fourth-order valence-electron chi connectivity index (χ4n) is 4.39. The molecular weight excluding hydrogens is 539 g/mol. The van der Waals surface area contributed by atoms with Gasteiger partial charge in [-0.2, -0.15) is 4.37 Å². The predicted octanol–water partition coefficient (Wildman–Crippen LogP) is 1.36. The fourth-order valence-corrected chi connectivity index (χ4v) is 5.19. The van der Waals surface area contributed by atoms with Crippen LogP contribution in [0.3, 0.4) is 0 Å². The van der Waals surface area contributed by atoms with Crippen molar-refractivity contribution in [3.63, 3.8) is 0 Å². The van der Waals surface area contributed by atoms with E-state index in [0.717, 1.165) is 102 Å². The highest BCUT2D eigenvalue weighted by molar-refractivity contribution is 14.0. The van der Waals surface area contributed by atoms with Crippen molar-refractivity contribution >= 4 is 52.5 Å². The van der Waals surface area contributed by atoms with E-state index in [2.05, 4.69) is 46.2 Å².